The third-order valence-corrected chi connectivity index (χ3v) is 3.45. The molecule has 2 rings (SSSR count). The summed E-state index contributed by atoms with van der Waals surface area (Å²) in [5.74, 6) is 0.389. The van der Waals surface area contributed by atoms with Crippen LogP contribution in [0.2, 0.25) is 0 Å². The molecular formula is C19H22N2O2. The predicted octanol–water partition coefficient (Wildman–Crippen LogP) is 3.48. The molecule has 0 saturated heterocycles. The molecule has 1 N–H and O–H groups in total. The average molecular weight is 310 g/mol. The average Bonchev–Trinajstić information content (AvgIpc) is 2.55. The predicted molar refractivity (Wildman–Crippen MR) is 92.8 cm³/mol. The summed E-state index contributed by atoms with van der Waals surface area (Å²) in [4.78, 5) is 12.0. The molecule has 2 aromatic carbocycles. The van der Waals surface area contributed by atoms with Gasteiger partial charge in [0.2, 0.25) is 0 Å². The van der Waals surface area contributed by atoms with E-state index in [-0.39, 0.29) is 5.91 Å². The van der Waals surface area contributed by atoms with E-state index in [1.54, 1.807) is 13.1 Å². The first kappa shape index (κ1) is 16.7. The molecule has 0 radical (unpaired) electrons. The molecule has 4 heteroatoms. The maximum atomic E-state index is 12.0. The molecule has 0 fully saturated rings. The molecule has 1 amide bonds. The summed E-state index contributed by atoms with van der Waals surface area (Å²) < 4.78 is 5.60. The summed E-state index contributed by atoms with van der Waals surface area (Å²) in [6.45, 7) is 5.79. The summed E-state index contributed by atoms with van der Waals surface area (Å²) in [5, 5.41) is 3.97. The quantitative estimate of drug-likeness (QED) is 0.656. The van der Waals surface area contributed by atoms with Gasteiger partial charge in [-0.3, -0.25) is 4.79 Å². The minimum absolute atomic E-state index is 0.284. The first-order chi connectivity index (χ1) is 11.1. The Morgan fingerprint density at radius 1 is 1.26 bits per heavy atom. The van der Waals surface area contributed by atoms with Crippen LogP contribution in [0.4, 0.5) is 0 Å². The zero-order chi connectivity index (χ0) is 16.7. The van der Waals surface area contributed by atoms with Crippen molar-refractivity contribution < 1.29 is 9.53 Å². The number of hydrogen-bond acceptors (Lipinski definition) is 3. The van der Waals surface area contributed by atoms with E-state index in [4.69, 9.17) is 4.74 Å². The van der Waals surface area contributed by atoms with Gasteiger partial charge in [-0.25, -0.2) is 5.43 Å². The number of ether oxygens (including phenoxy) is 1. The van der Waals surface area contributed by atoms with Crippen molar-refractivity contribution in [3.05, 3.63) is 65.2 Å². The molecule has 0 heterocycles. The number of hydrogen-bond donors (Lipinski definition) is 1. The van der Waals surface area contributed by atoms with Gasteiger partial charge in [0.05, 0.1) is 6.21 Å². The fourth-order valence-corrected chi connectivity index (χ4v) is 2.05. The number of carbonyl (C=O) groups excluding carboxylic acids is 1. The summed E-state index contributed by atoms with van der Waals surface area (Å²) in [7, 11) is 0. The Kier molecular flexibility index (Phi) is 5.92. The van der Waals surface area contributed by atoms with Crippen LogP contribution in [0.1, 0.15) is 30.5 Å². The molecule has 0 unspecified atom stereocenters. The monoisotopic (exact) mass is 310 g/mol. The van der Waals surface area contributed by atoms with Gasteiger partial charge in [0, 0.05) is 0 Å². The number of amides is 1. The van der Waals surface area contributed by atoms with Gasteiger partial charge in [0.15, 0.2) is 6.10 Å². The van der Waals surface area contributed by atoms with Gasteiger partial charge < -0.3 is 4.74 Å². The maximum Gasteiger partial charge on any atom is 0.280 e. The van der Waals surface area contributed by atoms with E-state index < -0.39 is 6.10 Å². The molecule has 0 aliphatic rings. The molecule has 120 valence electrons. The Hall–Kier alpha value is -2.62. The van der Waals surface area contributed by atoms with E-state index in [9.17, 15) is 4.79 Å². The Bertz CT molecular complexity index is 678. The van der Waals surface area contributed by atoms with Gasteiger partial charge in [-0.2, -0.15) is 5.10 Å². The van der Waals surface area contributed by atoms with Crippen molar-refractivity contribution in [2.24, 2.45) is 5.10 Å². The smallest absolute Gasteiger partial charge is 0.280 e. The van der Waals surface area contributed by atoms with Crippen molar-refractivity contribution in [2.75, 3.05) is 0 Å². The lowest BCUT2D eigenvalue weighted by atomic mass is 10.1. The molecule has 0 aliphatic carbocycles. The highest BCUT2D eigenvalue weighted by Crippen LogP contribution is 2.14. The zero-order valence-corrected chi connectivity index (χ0v) is 13.7. The third kappa shape index (κ3) is 5.25. The van der Waals surface area contributed by atoms with Crippen molar-refractivity contribution in [3.63, 3.8) is 0 Å². The standard InChI is InChI=1S/C19H22N2O2/c1-4-16-8-10-17(11-9-16)13-20-21-19(22)15(3)23-18-7-5-6-14(2)12-18/h5-13,15H,4H2,1-3H3,(H,21,22)/b20-13+/t15-/m1/s1. The number of carbonyl (C=O) groups is 1. The van der Waals surface area contributed by atoms with E-state index in [1.165, 1.54) is 5.56 Å². The van der Waals surface area contributed by atoms with Crippen molar-refractivity contribution in [1.82, 2.24) is 5.43 Å². The number of nitrogens with one attached hydrogen (secondary N) is 1. The van der Waals surface area contributed by atoms with Gasteiger partial charge >= 0.3 is 0 Å². The van der Waals surface area contributed by atoms with Crippen LogP contribution in [0.5, 0.6) is 5.75 Å². The van der Waals surface area contributed by atoms with Crippen molar-refractivity contribution in [3.8, 4) is 5.75 Å². The van der Waals surface area contributed by atoms with Crippen molar-refractivity contribution in [2.45, 2.75) is 33.3 Å². The largest absolute Gasteiger partial charge is 0.481 e. The van der Waals surface area contributed by atoms with Crippen LogP contribution < -0.4 is 10.2 Å². The van der Waals surface area contributed by atoms with Crippen LogP contribution in [0.15, 0.2) is 53.6 Å². The van der Waals surface area contributed by atoms with E-state index in [0.29, 0.717) is 5.75 Å². The minimum atomic E-state index is -0.614. The van der Waals surface area contributed by atoms with Crippen LogP contribution in [0, 0.1) is 6.92 Å². The normalized spacial score (nSPS) is 12.1. The maximum absolute atomic E-state index is 12.0. The van der Waals surface area contributed by atoms with E-state index in [1.807, 2.05) is 55.5 Å². The zero-order valence-electron chi connectivity index (χ0n) is 13.7. The van der Waals surface area contributed by atoms with Crippen molar-refractivity contribution >= 4 is 12.1 Å². The minimum Gasteiger partial charge on any atom is -0.481 e. The number of nitrogens with zero attached hydrogens (tertiary/aromatic N) is 1. The SMILES string of the molecule is CCc1ccc(/C=N/NC(=O)[C@@H](C)Oc2cccc(C)c2)cc1. The highest BCUT2D eigenvalue weighted by molar-refractivity contribution is 5.84. The lowest BCUT2D eigenvalue weighted by Crippen LogP contribution is -2.33. The molecule has 23 heavy (non-hydrogen) atoms. The topological polar surface area (TPSA) is 50.7 Å². The molecule has 0 spiro atoms. The van der Waals surface area contributed by atoms with E-state index >= 15 is 0 Å². The summed E-state index contributed by atoms with van der Waals surface area (Å²) in [6.07, 6.45) is 2.01. The van der Waals surface area contributed by atoms with Crippen molar-refractivity contribution in [1.29, 1.82) is 0 Å². The molecule has 2 aromatic rings. The Morgan fingerprint density at radius 2 is 2.00 bits per heavy atom. The molecule has 0 bridgehead atoms. The van der Waals surface area contributed by atoms with Crippen LogP contribution >= 0.6 is 0 Å². The highest BCUT2D eigenvalue weighted by Gasteiger charge is 2.13. The summed E-state index contributed by atoms with van der Waals surface area (Å²) in [5.41, 5.74) is 5.80. The second-order valence-electron chi connectivity index (χ2n) is 5.41. The number of hydrazone groups is 1. The lowest BCUT2D eigenvalue weighted by molar-refractivity contribution is -0.127. The van der Waals surface area contributed by atoms with E-state index in [0.717, 1.165) is 17.5 Å². The molecule has 0 aliphatic heterocycles. The third-order valence-electron chi connectivity index (χ3n) is 3.45. The van der Waals surface area contributed by atoms with Crippen LogP contribution in [-0.4, -0.2) is 18.2 Å². The fraction of sp³-hybridized carbons (Fsp3) is 0.263. The lowest BCUT2D eigenvalue weighted by Gasteiger charge is -2.13. The second-order valence-corrected chi connectivity index (χ2v) is 5.41. The summed E-state index contributed by atoms with van der Waals surface area (Å²) in [6, 6.07) is 15.6. The Morgan fingerprint density at radius 3 is 2.65 bits per heavy atom. The Labute approximate surface area is 137 Å². The fourth-order valence-electron chi connectivity index (χ4n) is 2.05. The van der Waals surface area contributed by atoms with Crippen LogP contribution in [0.3, 0.4) is 0 Å². The van der Waals surface area contributed by atoms with Gasteiger partial charge in [0.1, 0.15) is 5.75 Å². The van der Waals surface area contributed by atoms with Gasteiger partial charge in [-0.1, -0.05) is 43.3 Å². The highest BCUT2D eigenvalue weighted by atomic mass is 16.5. The molecule has 4 nitrogen and oxygen atoms in total. The van der Waals surface area contributed by atoms with Gasteiger partial charge in [-0.05, 0) is 49.1 Å². The van der Waals surface area contributed by atoms with Crippen LogP contribution in [-0.2, 0) is 11.2 Å². The first-order valence-electron chi connectivity index (χ1n) is 7.73. The number of aryl methyl sites for hydroxylation is 2. The molecule has 1 atom stereocenters. The van der Waals surface area contributed by atoms with Crippen LogP contribution in [0.25, 0.3) is 0 Å². The number of benzene rings is 2. The molecular weight excluding hydrogens is 288 g/mol. The Balaban J connectivity index is 1.86. The first-order valence-corrected chi connectivity index (χ1v) is 7.73. The second kappa shape index (κ2) is 8.13. The molecule has 0 aromatic heterocycles. The van der Waals surface area contributed by atoms with Gasteiger partial charge in [-0.15, -0.1) is 0 Å². The molecule has 0 saturated carbocycles. The van der Waals surface area contributed by atoms with E-state index in [2.05, 4.69) is 17.5 Å². The number of rotatable bonds is 6. The summed E-state index contributed by atoms with van der Waals surface area (Å²) >= 11 is 0. The van der Waals surface area contributed by atoms with Gasteiger partial charge in [0.25, 0.3) is 5.91 Å².